The molecule has 1 saturated heterocycles. The zero-order valence-corrected chi connectivity index (χ0v) is 12.2. The van der Waals surface area contributed by atoms with E-state index in [-0.39, 0.29) is 10.7 Å². The van der Waals surface area contributed by atoms with Crippen molar-refractivity contribution in [3.05, 3.63) is 0 Å². The molecule has 0 spiro atoms. The molecule has 1 aliphatic heterocycles. The standard InChI is InChI=1S/C13H26N2OS/c1-4-7-15(10-13(2,3)9-14)12(16)11-6-5-8-17-11/h11H,4-10,14H2,1-3H3. The molecule has 100 valence electrons. The van der Waals surface area contributed by atoms with Crippen LogP contribution in [0, 0.1) is 5.41 Å². The largest absolute Gasteiger partial charge is 0.341 e. The lowest BCUT2D eigenvalue weighted by Crippen LogP contribution is -2.45. The highest BCUT2D eigenvalue weighted by molar-refractivity contribution is 8.00. The fraction of sp³-hybridized carbons (Fsp3) is 0.923. The summed E-state index contributed by atoms with van der Waals surface area (Å²) in [5.41, 5.74) is 5.78. The topological polar surface area (TPSA) is 46.3 Å². The number of hydrogen-bond donors (Lipinski definition) is 1. The maximum absolute atomic E-state index is 12.4. The highest BCUT2D eigenvalue weighted by atomic mass is 32.2. The summed E-state index contributed by atoms with van der Waals surface area (Å²) in [6.45, 7) is 8.65. The van der Waals surface area contributed by atoms with Gasteiger partial charge in [-0.25, -0.2) is 0 Å². The second kappa shape index (κ2) is 6.64. The summed E-state index contributed by atoms with van der Waals surface area (Å²) in [6, 6.07) is 0. The predicted molar refractivity (Wildman–Crippen MR) is 75.2 cm³/mol. The molecule has 0 aromatic heterocycles. The van der Waals surface area contributed by atoms with Crippen LogP contribution in [0.2, 0.25) is 0 Å². The van der Waals surface area contributed by atoms with Crippen LogP contribution in [0.3, 0.4) is 0 Å². The van der Waals surface area contributed by atoms with E-state index in [1.807, 2.05) is 16.7 Å². The number of nitrogens with two attached hydrogens (primary N) is 1. The van der Waals surface area contributed by atoms with Crippen LogP contribution < -0.4 is 5.73 Å². The van der Waals surface area contributed by atoms with Gasteiger partial charge in [0.25, 0.3) is 0 Å². The SMILES string of the molecule is CCCN(CC(C)(C)CN)C(=O)C1CCCS1. The lowest BCUT2D eigenvalue weighted by Gasteiger charge is -2.33. The number of carbonyl (C=O) groups is 1. The van der Waals surface area contributed by atoms with Crippen molar-refractivity contribution in [3.63, 3.8) is 0 Å². The number of amides is 1. The molecule has 1 atom stereocenters. The van der Waals surface area contributed by atoms with Crippen LogP contribution in [0.5, 0.6) is 0 Å². The highest BCUT2D eigenvalue weighted by Gasteiger charge is 2.30. The summed E-state index contributed by atoms with van der Waals surface area (Å²) < 4.78 is 0. The molecule has 1 heterocycles. The Labute approximate surface area is 109 Å². The zero-order chi connectivity index (χ0) is 12.9. The third-order valence-electron chi connectivity index (χ3n) is 3.18. The second-order valence-electron chi connectivity index (χ2n) is 5.63. The minimum Gasteiger partial charge on any atom is -0.341 e. The van der Waals surface area contributed by atoms with Crippen molar-refractivity contribution in [2.24, 2.45) is 11.1 Å². The van der Waals surface area contributed by atoms with Gasteiger partial charge in [0.1, 0.15) is 0 Å². The molecule has 0 bridgehead atoms. The first kappa shape index (κ1) is 14.8. The van der Waals surface area contributed by atoms with E-state index < -0.39 is 0 Å². The van der Waals surface area contributed by atoms with E-state index in [1.165, 1.54) is 6.42 Å². The average molecular weight is 258 g/mol. The van der Waals surface area contributed by atoms with Gasteiger partial charge in [-0.3, -0.25) is 4.79 Å². The molecular weight excluding hydrogens is 232 g/mol. The molecule has 0 aromatic rings. The van der Waals surface area contributed by atoms with Crippen molar-refractivity contribution in [1.29, 1.82) is 0 Å². The zero-order valence-electron chi connectivity index (χ0n) is 11.4. The molecule has 1 aliphatic rings. The van der Waals surface area contributed by atoms with Crippen molar-refractivity contribution < 1.29 is 4.79 Å². The fourth-order valence-electron chi connectivity index (χ4n) is 2.09. The van der Waals surface area contributed by atoms with E-state index in [0.29, 0.717) is 12.5 Å². The highest BCUT2D eigenvalue weighted by Crippen LogP contribution is 2.28. The number of rotatable bonds is 6. The molecule has 0 aromatic carbocycles. The molecule has 0 saturated carbocycles. The molecule has 4 heteroatoms. The lowest BCUT2D eigenvalue weighted by atomic mass is 9.93. The quantitative estimate of drug-likeness (QED) is 0.793. The van der Waals surface area contributed by atoms with Crippen LogP contribution in [-0.2, 0) is 4.79 Å². The van der Waals surface area contributed by atoms with Gasteiger partial charge in [-0.05, 0) is 37.0 Å². The molecule has 0 aliphatic carbocycles. The van der Waals surface area contributed by atoms with Crippen LogP contribution in [0.25, 0.3) is 0 Å². The van der Waals surface area contributed by atoms with Gasteiger partial charge >= 0.3 is 0 Å². The summed E-state index contributed by atoms with van der Waals surface area (Å²) in [4.78, 5) is 14.4. The van der Waals surface area contributed by atoms with Crippen LogP contribution in [0.1, 0.15) is 40.0 Å². The van der Waals surface area contributed by atoms with Gasteiger partial charge in [-0.15, -0.1) is 11.8 Å². The first-order valence-electron chi connectivity index (χ1n) is 6.60. The Kier molecular flexibility index (Phi) is 5.80. The summed E-state index contributed by atoms with van der Waals surface area (Å²) >= 11 is 1.82. The molecule has 2 N–H and O–H groups in total. The smallest absolute Gasteiger partial charge is 0.235 e. The number of thioether (sulfide) groups is 1. The van der Waals surface area contributed by atoms with Crippen molar-refractivity contribution >= 4 is 17.7 Å². The Balaban J connectivity index is 2.60. The lowest BCUT2D eigenvalue weighted by molar-refractivity contribution is -0.132. The van der Waals surface area contributed by atoms with Gasteiger partial charge in [-0.2, -0.15) is 0 Å². The van der Waals surface area contributed by atoms with Crippen molar-refractivity contribution in [2.75, 3.05) is 25.4 Å². The predicted octanol–water partition coefficient (Wildman–Crippen LogP) is 2.11. The van der Waals surface area contributed by atoms with E-state index in [0.717, 1.165) is 31.7 Å². The minimum atomic E-state index is 0.0219. The van der Waals surface area contributed by atoms with Crippen LogP contribution in [0.15, 0.2) is 0 Å². The number of hydrogen-bond acceptors (Lipinski definition) is 3. The summed E-state index contributed by atoms with van der Waals surface area (Å²) in [7, 11) is 0. The summed E-state index contributed by atoms with van der Waals surface area (Å²) in [5, 5.41) is 0.204. The van der Waals surface area contributed by atoms with Crippen molar-refractivity contribution in [3.8, 4) is 0 Å². The normalized spacial score (nSPS) is 20.6. The van der Waals surface area contributed by atoms with Gasteiger partial charge < -0.3 is 10.6 Å². The molecule has 3 nitrogen and oxygen atoms in total. The Hall–Kier alpha value is -0.220. The van der Waals surface area contributed by atoms with E-state index in [1.54, 1.807) is 0 Å². The van der Waals surface area contributed by atoms with Crippen LogP contribution >= 0.6 is 11.8 Å². The molecule has 1 unspecified atom stereocenters. The van der Waals surface area contributed by atoms with Crippen molar-refractivity contribution in [1.82, 2.24) is 4.90 Å². The van der Waals surface area contributed by atoms with E-state index >= 15 is 0 Å². The molecule has 0 radical (unpaired) electrons. The maximum Gasteiger partial charge on any atom is 0.235 e. The second-order valence-corrected chi connectivity index (χ2v) is 6.94. The maximum atomic E-state index is 12.4. The van der Waals surface area contributed by atoms with Crippen LogP contribution in [-0.4, -0.2) is 41.4 Å². The number of nitrogens with zero attached hydrogens (tertiary/aromatic N) is 1. The molecular formula is C13H26N2OS. The van der Waals surface area contributed by atoms with Gasteiger partial charge in [-0.1, -0.05) is 20.8 Å². The Morgan fingerprint density at radius 3 is 2.71 bits per heavy atom. The molecule has 1 rings (SSSR count). The fourth-order valence-corrected chi connectivity index (χ4v) is 3.34. The molecule has 1 fully saturated rings. The Morgan fingerprint density at radius 1 is 1.53 bits per heavy atom. The molecule has 17 heavy (non-hydrogen) atoms. The van der Waals surface area contributed by atoms with Gasteiger partial charge in [0.15, 0.2) is 0 Å². The average Bonchev–Trinajstić information content (AvgIpc) is 2.81. The monoisotopic (exact) mass is 258 g/mol. The Morgan fingerprint density at radius 2 is 2.24 bits per heavy atom. The van der Waals surface area contributed by atoms with Gasteiger partial charge in [0, 0.05) is 13.1 Å². The van der Waals surface area contributed by atoms with E-state index in [2.05, 4.69) is 20.8 Å². The van der Waals surface area contributed by atoms with E-state index in [9.17, 15) is 4.79 Å². The first-order chi connectivity index (χ1) is 8.00. The summed E-state index contributed by atoms with van der Waals surface area (Å²) in [5.74, 6) is 1.47. The number of carbonyl (C=O) groups excluding carboxylic acids is 1. The van der Waals surface area contributed by atoms with Crippen molar-refractivity contribution in [2.45, 2.75) is 45.3 Å². The summed E-state index contributed by atoms with van der Waals surface area (Å²) in [6.07, 6.45) is 3.25. The van der Waals surface area contributed by atoms with E-state index in [4.69, 9.17) is 5.73 Å². The minimum absolute atomic E-state index is 0.0219. The van der Waals surface area contributed by atoms with Crippen LogP contribution in [0.4, 0.5) is 0 Å². The first-order valence-corrected chi connectivity index (χ1v) is 7.65. The Bertz CT molecular complexity index is 250. The van der Waals surface area contributed by atoms with Gasteiger partial charge in [0.2, 0.25) is 5.91 Å². The van der Waals surface area contributed by atoms with Gasteiger partial charge in [0.05, 0.1) is 5.25 Å². The third kappa shape index (κ3) is 4.51. The molecule has 1 amide bonds. The third-order valence-corrected chi connectivity index (χ3v) is 4.55.